The molecular formula is C13H17NO3S. The van der Waals surface area contributed by atoms with Gasteiger partial charge in [-0.05, 0) is 32.4 Å². The maximum Gasteiger partial charge on any atom is 0.325 e. The van der Waals surface area contributed by atoms with Gasteiger partial charge in [-0.15, -0.1) is 11.8 Å². The molecule has 0 aliphatic carbocycles. The van der Waals surface area contributed by atoms with Gasteiger partial charge >= 0.3 is 5.97 Å². The molecule has 4 nitrogen and oxygen atoms in total. The van der Waals surface area contributed by atoms with E-state index in [1.807, 2.05) is 32.0 Å². The molecule has 1 rings (SSSR count). The number of benzene rings is 1. The number of rotatable bonds is 5. The van der Waals surface area contributed by atoms with E-state index in [0.29, 0.717) is 0 Å². The number of carboxylic acid groups (broad SMARTS) is 1. The lowest BCUT2D eigenvalue weighted by molar-refractivity contribution is -0.140. The van der Waals surface area contributed by atoms with Crippen LogP contribution in [0.25, 0.3) is 0 Å². The molecule has 0 heterocycles. The van der Waals surface area contributed by atoms with Crippen molar-refractivity contribution in [2.24, 2.45) is 0 Å². The zero-order valence-corrected chi connectivity index (χ0v) is 11.5. The molecule has 0 aliphatic rings. The SMILES string of the molecule is Cc1ccc(C)c(SCC(=O)NC(C)C(=O)O)c1. The van der Waals surface area contributed by atoms with Gasteiger partial charge in [0.25, 0.3) is 0 Å². The molecule has 0 bridgehead atoms. The molecule has 2 N–H and O–H groups in total. The molecule has 1 aromatic carbocycles. The Labute approximate surface area is 111 Å². The van der Waals surface area contributed by atoms with Crippen LogP contribution in [0.4, 0.5) is 0 Å². The highest BCUT2D eigenvalue weighted by Crippen LogP contribution is 2.23. The number of aliphatic carboxylic acids is 1. The van der Waals surface area contributed by atoms with E-state index in [2.05, 4.69) is 5.32 Å². The largest absolute Gasteiger partial charge is 0.480 e. The molecule has 18 heavy (non-hydrogen) atoms. The molecule has 1 amide bonds. The predicted molar refractivity (Wildman–Crippen MR) is 71.9 cm³/mol. The van der Waals surface area contributed by atoms with Crippen LogP contribution in [-0.2, 0) is 9.59 Å². The molecule has 0 radical (unpaired) electrons. The molecule has 1 atom stereocenters. The summed E-state index contributed by atoms with van der Waals surface area (Å²) in [4.78, 5) is 23.2. The van der Waals surface area contributed by atoms with Crippen LogP contribution in [0.2, 0.25) is 0 Å². The number of hydrogen-bond donors (Lipinski definition) is 2. The molecule has 0 aromatic heterocycles. The Balaban J connectivity index is 2.52. The van der Waals surface area contributed by atoms with E-state index < -0.39 is 12.0 Å². The molecule has 0 fully saturated rings. The number of nitrogens with one attached hydrogen (secondary N) is 1. The molecule has 0 saturated carbocycles. The maximum absolute atomic E-state index is 11.5. The zero-order valence-electron chi connectivity index (χ0n) is 10.7. The van der Waals surface area contributed by atoms with Crippen molar-refractivity contribution in [3.05, 3.63) is 29.3 Å². The summed E-state index contributed by atoms with van der Waals surface area (Å²) in [7, 11) is 0. The average molecular weight is 267 g/mol. The third-order valence-electron chi connectivity index (χ3n) is 2.45. The van der Waals surface area contributed by atoms with Crippen LogP contribution in [0.3, 0.4) is 0 Å². The molecule has 98 valence electrons. The Morgan fingerprint density at radius 3 is 2.67 bits per heavy atom. The van der Waals surface area contributed by atoms with Crippen molar-refractivity contribution in [3.8, 4) is 0 Å². The Morgan fingerprint density at radius 1 is 1.39 bits per heavy atom. The van der Waals surface area contributed by atoms with Crippen molar-refractivity contribution in [2.45, 2.75) is 31.7 Å². The molecule has 0 aliphatic heterocycles. The summed E-state index contributed by atoms with van der Waals surface area (Å²) in [5.41, 5.74) is 2.26. The highest BCUT2D eigenvalue weighted by molar-refractivity contribution is 8.00. The van der Waals surface area contributed by atoms with Crippen molar-refractivity contribution in [1.82, 2.24) is 5.32 Å². The van der Waals surface area contributed by atoms with Crippen molar-refractivity contribution in [3.63, 3.8) is 0 Å². The van der Waals surface area contributed by atoms with Gasteiger partial charge in [-0.2, -0.15) is 0 Å². The van der Waals surface area contributed by atoms with Gasteiger partial charge in [-0.3, -0.25) is 9.59 Å². The van der Waals surface area contributed by atoms with Crippen molar-refractivity contribution in [1.29, 1.82) is 0 Å². The second-order valence-electron chi connectivity index (χ2n) is 4.19. The highest BCUT2D eigenvalue weighted by atomic mass is 32.2. The molecule has 0 saturated heterocycles. The molecule has 5 heteroatoms. The standard InChI is InChI=1S/C13H17NO3S/c1-8-4-5-9(2)11(6-8)18-7-12(15)14-10(3)13(16)17/h4-6,10H,7H2,1-3H3,(H,14,15)(H,16,17). The smallest absolute Gasteiger partial charge is 0.325 e. The molecular weight excluding hydrogens is 250 g/mol. The van der Waals surface area contributed by atoms with Crippen LogP contribution in [0.1, 0.15) is 18.1 Å². The number of carbonyl (C=O) groups excluding carboxylic acids is 1. The van der Waals surface area contributed by atoms with E-state index >= 15 is 0 Å². The molecule has 0 spiro atoms. The van der Waals surface area contributed by atoms with Gasteiger partial charge in [0.15, 0.2) is 0 Å². The van der Waals surface area contributed by atoms with Crippen molar-refractivity contribution >= 4 is 23.6 Å². The Morgan fingerprint density at radius 2 is 2.06 bits per heavy atom. The first-order valence-electron chi connectivity index (χ1n) is 5.62. The Kier molecular flexibility index (Phi) is 5.22. The fourth-order valence-electron chi connectivity index (χ4n) is 1.35. The highest BCUT2D eigenvalue weighted by Gasteiger charge is 2.14. The third-order valence-corrected chi connectivity index (χ3v) is 3.61. The second kappa shape index (κ2) is 6.44. The number of carbonyl (C=O) groups is 2. The summed E-state index contributed by atoms with van der Waals surface area (Å²) in [6.45, 7) is 5.43. The van der Waals surface area contributed by atoms with Crippen molar-refractivity contribution in [2.75, 3.05) is 5.75 Å². The van der Waals surface area contributed by atoms with Gasteiger partial charge in [-0.25, -0.2) is 0 Å². The van der Waals surface area contributed by atoms with E-state index in [1.54, 1.807) is 0 Å². The van der Waals surface area contributed by atoms with Gasteiger partial charge in [-0.1, -0.05) is 17.7 Å². The minimum absolute atomic E-state index is 0.224. The van der Waals surface area contributed by atoms with Crippen LogP contribution >= 0.6 is 11.8 Å². The van der Waals surface area contributed by atoms with Gasteiger partial charge in [0.2, 0.25) is 5.91 Å². The summed E-state index contributed by atoms with van der Waals surface area (Å²) < 4.78 is 0. The van der Waals surface area contributed by atoms with E-state index in [4.69, 9.17) is 5.11 Å². The van der Waals surface area contributed by atoms with Crippen molar-refractivity contribution < 1.29 is 14.7 Å². The van der Waals surface area contributed by atoms with Gasteiger partial charge in [0.1, 0.15) is 6.04 Å². The van der Waals surface area contributed by atoms with Crippen LogP contribution < -0.4 is 5.32 Å². The average Bonchev–Trinajstić information content (AvgIpc) is 2.30. The summed E-state index contributed by atoms with van der Waals surface area (Å²) in [6, 6.07) is 5.20. The van der Waals surface area contributed by atoms with Gasteiger partial charge in [0.05, 0.1) is 5.75 Å². The fourth-order valence-corrected chi connectivity index (χ4v) is 2.29. The number of thioether (sulfide) groups is 1. The lowest BCUT2D eigenvalue weighted by Gasteiger charge is -2.10. The first-order chi connectivity index (χ1) is 8.40. The second-order valence-corrected chi connectivity index (χ2v) is 5.20. The lowest BCUT2D eigenvalue weighted by Crippen LogP contribution is -2.39. The molecule has 1 aromatic rings. The Hall–Kier alpha value is -1.49. The van der Waals surface area contributed by atoms with Crippen LogP contribution in [0.15, 0.2) is 23.1 Å². The minimum Gasteiger partial charge on any atom is -0.480 e. The van der Waals surface area contributed by atoms with E-state index in [0.717, 1.165) is 16.0 Å². The summed E-state index contributed by atoms with van der Waals surface area (Å²) in [6.07, 6.45) is 0. The minimum atomic E-state index is -1.03. The van der Waals surface area contributed by atoms with Gasteiger partial charge < -0.3 is 10.4 Å². The van der Waals surface area contributed by atoms with Crippen LogP contribution in [-0.4, -0.2) is 28.8 Å². The lowest BCUT2D eigenvalue weighted by atomic mass is 10.2. The third kappa shape index (κ3) is 4.41. The van der Waals surface area contributed by atoms with Crippen LogP contribution in [0, 0.1) is 13.8 Å². The molecule has 1 unspecified atom stereocenters. The predicted octanol–water partition coefficient (Wildman–Crippen LogP) is 1.98. The van der Waals surface area contributed by atoms with E-state index in [9.17, 15) is 9.59 Å². The summed E-state index contributed by atoms with van der Waals surface area (Å²) in [5.74, 6) is -1.07. The number of aryl methyl sites for hydroxylation is 2. The number of amides is 1. The van der Waals surface area contributed by atoms with E-state index in [1.165, 1.54) is 18.7 Å². The topological polar surface area (TPSA) is 66.4 Å². The first kappa shape index (κ1) is 14.6. The Bertz CT molecular complexity index is 460. The van der Waals surface area contributed by atoms with Gasteiger partial charge in [0, 0.05) is 4.90 Å². The number of hydrogen-bond acceptors (Lipinski definition) is 3. The normalized spacial score (nSPS) is 11.9. The summed E-state index contributed by atoms with van der Waals surface area (Å²) >= 11 is 1.42. The first-order valence-corrected chi connectivity index (χ1v) is 6.61. The quantitative estimate of drug-likeness (QED) is 0.801. The number of carboxylic acids is 1. The zero-order chi connectivity index (χ0) is 13.7. The maximum atomic E-state index is 11.5. The van der Waals surface area contributed by atoms with Crippen LogP contribution in [0.5, 0.6) is 0 Å². The van der Waals surface area contributed by atoms with E-state index in [-0.39, 0.29) is 11.7 Å². The fraction of sp³-hybridized carbons (Fsp3) is 0.385. The monoisotopic (exact) mass is 267 g/mol. The summed E-state index contributed by atoms with van der Waals surface area (Å²) in [5, 5.41) is 11.1.